The monoisotopic (exact) mass is 434 g/mol. The first-order chi connectivity index (χ1) is 15.8. The van der Waals surface area contributed by atoms with Crippen LogP contribution in [0.5, 0.6) is 0 Å². The highest BCUT2D eigenvalue weighted by atomic mass is 16.7. The predicted octanol–water partition coefficient (Wildman–Crippen LogP) is 4.60. The van der Waals surface area contributed by atoms with Crippen molar-refractivity contribution in [3.8, 4) is 0 Å². The second-order valence-electron chi connectivity index (χ2n) is 7.81. The Kier molecular flexibility index (Phi) is 7.68. The molecule has 5 heteroatoms. The van der Waals surface area contributed by atoms with Gasteiger partial charge < -0.3 is 23.7 Å². The third-order valence-corrected chi connectivity index (χ3v) is 5.64. The van der Waals surface area contributed by atoms with E-state index in [2.05, 4.69) is 13.2 Å². The van der Waals surface area contributed by atoms with Crippen molar-refractivity contribution in [3.63, 3.8) is 0 Å². The molecule has 0 spiro atoms. The van der Waals surface area contributed by atoms with Crippen LogP contribution in [0.4, 0.5) is 0 Å². The summed E-state index contributed by atoms with van der Waals surface area (Å²) in [4.78, 5) is 0. The fraction of sp³-hybridized carbons (Fsp3) is 0.333. The third kappa shape index (κ3) is 5.09. The van der Waals surface area contributed by atoms with Crippen LogP contribution in [0.2, 0.25) is 0 Å². The van der Waals surface area contributed by atoms with Crippen LogP contribution >= 0.6 is 0 Å². The number of hydrogen-bond acceptors (Lipinski definition) is 5. The molecule has 1 fully saturated rings. The summed E-state index contributed by atoms with van der Waals surface area (Å²) in [6.45, 7) is 9.37. The molecule has 1 saturated heterocycles. The second-order valence-corrected chi connectivity index (χ2v) is 7.81. The molecule has 32 heavy (non-hydrogen) atoms. The van der Waals surface area contributed by atoms with E-state index in [-0.39, 0.29) is 18.8 Å². The summed E-state index contributed by atoms with van der Waals surface area (Å²) in [6.07, 6.45) is 5.57. The molecule has 2 heterocycles. The molecule has 0 N–H and O–H groups in total. The lowest BCUT2D eigenvalue weighted by Crippen LogP contribution is -2.66. The topological polar surface area (TPSA) is 46.2 Å². The molecular formula is C27H30O5. The van der Waals surface area contributed by atoms with Crippen LogP contribution in [0, 0.1) is 0 Å². The minimum Gasteiger partial charge on any atom is -0.368 e. The molecule has 2 aromatic rings. The Morgan fingerprint density at radius 3 is 2.22 bits per heavy atom. The highest BCUT2D eigenvalue weighted by molar-refractivity contribution is 5.17. The van der Waals surface area contributed by atoms with Crippen molar-refractivity contribution in [3.05, 3.63) is 109 Å². The molecule has 2 aliphatic rings. The molecule has 0 bridgehead atoms. The van der Waals surface area contributed by atoms with Gasteiger partial charge in [0, 0.05) is 0 Å². The van der Waals surface area contributed by atoms with Crippen molar-refractivity contribution in [1.29, 1.82) is 0 Å². The van der Waals surface area contributed by atoms with Gasteiger partial charge in [0.15, 0.2) is 0 Å². The van der Waals surface area contributed by atoms with E-state index in [1.54, 1.807) is 12.2 Å². The first-order valence-electron chi connectivity index (χ1n) is 10.9. The Hall–Kier alpha value is -2.54. The Bertz CT molecular complexity index is 897. The van der Waals surface area contributed by atoms with E-state index in [4.69, 9.17) is 23.7 Å². The smallest absolute Gasteiger partial charge is 0.218 e. The van der Waals surface area contributed by atoms with Gasteiger partial charge in [0.1, 0.15) is 24.4 Å². The average molecular weight is 435 g/mol. The SMILES string of the molecule is C=CCO[C@@]1(C=C)OC2C=CCO[C@H]2C(OCc2ccccc2)C1OCc1ccccc1. The van der Waals surface area contributed by atoms with E-state index in [0.717, 1.165) is 11.1 Å². The van der Waals surface area contributed by atoms with Crippen molar-refractivity contribution in [2.75, 3.05) is 13.2 Å². The average Bonchev–Trinajstić information content (AvgIpc) is 2.86. The Morgan fingerprint density at radius 2 is 1.59 bits per heavy atom. The summed E-state index contributed by atoms with van der Waals surface area (Å²) < 4.78 is 31.5. The van der Waals surface area contributed by atoms with Gasteiger partial charge in [0.05, 0.1) is 26.4 Å². The van der Waals surface area contributed by atoms with Gasteiger partial charge in [-0.2, -0.15) is 0 Å². The first-order valence-corrected chi connectivity index (χ1v) is 10.9. The van der Waals surface area contributed by atoms with E-state index < -0.39 is 18.0 Å². The molecule has 0 aromatic heterocycles. The zero-order valence-corrected chi connectivity index (χ0v) is 18.2. The number of hydrogen-bond donors (Lipinski definition) is 0. The molecule has 168 valence electrons. The van der Waals surface area contributed by atoms with Gasteiger partial charge in [-0.15, -0.1) is 6.58 Å². The van der Waals surface area contributed by atoms with Crippen LogP contribution in [0.15, 0.2) is 98.1 Å². The summed E-state index contributed by atoms with van der Waals surface area (Å²) in [5, 5.41) is 0. The lowest BCUT2D eigenvalue weighted by Gasteiger charge is -2.51. The van der Waals surface area contributed by atoms with Gasteiger partial charge in [0.2, 0.25) is 5.79 Å². The fourth-order valence-corrected chi connectivity index (χ4v) is 4.08. The van der Waals surface area contributed by atoms with Gasteiger partial charge in [0.25, 0.3) is 0 Å². The number of ether oxygens (including phenoxy) is 5. The molecular weight excluding hydrogens is 404 g/mol. The van der Waals surface area contributed by atoms with Crippen molar-refractivity contribution < 1.29 is 23.7 Å². The Balaban J connectivity index is 1.64. The summed E-state index contributed by atoms with van der Waals surface area (Å²) in [5.41, 5.74) is 2.11. The normalized spacial score (nSPS) is 29.2. The van der Waals surface area contributed by atoms with E-state index in [1.807, 2.05) is 72.8 Å². The van der Waals surface area contributed by atoms with Crippen LogP contribution in [-0.4, -0.2) is 43.4 Å². The maximum Gasteiger partial charge on any atom is 0.218 e. The van der Waals surface area contributed by atoms with E-state index in [9.17, 15) is 0 Å². The van der Waals surface area contributed by atoms with Crippen molar-refractivity contribution in [2.24, 2.45) is 0 Å². The number of fused-ring (bicyclic) bond motifs is 1. The molecule has 0 aliphatic carbocycles. The first kappa shape index (κ1) is 22.6. The Labute approximate surface area is 189 Å². The molecule has 3 unspecified atom stereocenters. The molecule has 5 atom stereocenters. The molecule has 4 rings (SSSR count). The van der Waals surface area contributed by atoms with E-state index in [0.29, 0.717) is 19.8 Å². The molecule has 0 saturated carbocycles. The molecule has 2 aliphatic heterocycles. The largest absolute Gasteiger partial charge is 0.368 e. The summed E-state index contributed by atoms with van der Waals surface area (Å²) in [7, 11) is 0. The van der Waals surface area contributed by atoms with Gasteiger partial charge in [-0.05, 0) is 17.2 Å². The minimum absolute atomic E-state index is 0.282. The van der Waals surface area contributed by atoms with Crippen LogP contribution < -0.4 is 0 Å². The lowest BCUT2D eigenvalue weighted by atomic mass is 9.90. The zero-order valence-electron chi connectivity index (χ0n) is 18.2. The van der Waals surface area contributed by atoms with Gasteiger partial charge in [-0.1, -0.05) is 85.5 Å². The van der Waals surface area contributed by atoms with Crippen molar-refractivity contribution >= 4 is 0 Å². The van der Waals surface area contributed by atoms with Gasteiger partial charge >= 0.3 is 0 Å². The van der Waals surface area contributed by atoms with Crippen LogP contribution in [0.25, 0.3) is 0 Å². The second kappa shape index (κ2) is 10.9. The number of benzene rings is 2. The van der Waals surface area contributed by atoms with Crippen LogP contribution in [0.3, 0.4) is 0 Å². The molecule has 0 amide bonds. The highest BCUT2D eigenvalue weighted by Gasteiger charge is 2.56. The predicted molar refractivity (Wildman–Crippen MR) is 123 cm³/mol. The molecule has 5 nitrogen and oxygen atoms in total. The highest BCUT2D eigenvalue weighted by Crippen LogP contribution is 2.39. The van der Waals surface area contributed by atoms with Crippen LogP contribution in [0.1, 0.15) is 11.1 Å². The third-order valence-electron chi connectivity index (χ3n) is 5.64. The van der Waals surface area contributed by atoms with Crippen LogP contribution in [-0.2, 0) is 36.9 Å². The Morgan fingerprint density at radius 1 is 0.938 bits per heavy atom. The minimum atomic E-state index is -1.21. The molecule has 0 radical (unpaired) electrons. The molecule has 2 aromatic carbocycles. The van der Waals surface area contributed by atoms with E-state index in [1.165, 1.54) is 0 Å². The summed E-state index contributed by atoms with van der Waals surface area (Å²) >= 11 is 0. The quantitative estimate of drug-likeness (QED) is 0.512. The lowest BCUT2D eigenvalue weighted by molar-refractivity contribution is -0.349. The van der Waals surface area contributed by atoms with Gasteiger partial charge in [-0.25, -0.2) is 0 Å². The standard InChI is InChI=1S/C27H30O5/c1-3-17-31-27(4-2)26(30-20-22-14-9-6-10-15-22)25(24-23(32-27)16-11-18-28-24)29-19-21-12-7-5-8-13-21/h3-16,23-26H,1-2,17-20H2/t23?,24-,25?,26?,27+/m1/s1. The zero-order chi connectivity index (χ0) is 22.2. The van der Waals surface area contributed by atoms with Crippen molar-refractivity contribution in [2.45, 2.75) is 43.4 Å². The summed E-state index contributed by atoms with van der Waals surface area (Å²) in [5.74, 6) is -1.21. The van der Waals surface area contributed by atoms with E-state index >= 15 is 0 Å². The maximum absolute atomic E-state index is 6.46. The summed E-state index contributed by atoms with van der Waals surface area (Å²) in [6, 6.07) is 20.0. The maximum atomic E-state index is 6.46. The fourth-order valence-electron chi connectivity index (χ4n) is 4.08. The van der Waals surface area contributed by atoms with Crippen molar-refractivity contribution in [1.82, 2.24) is 0 Å². The number of rotatable bonds is 10. The van der Waals surface area contributed by atoms with Gasteiger partial charge in [-0.3, -0.25) is 0 Å².